The van der Waals surface area contributed by atoms with Crippen LogP contribution in [0.2, 0.25) is 0 Å². The molecule has 0 aromatic carbocycles. The second-order valence-electron chi connectivity index (χ2n) is 3.94. The van der Waals surface area contributed by atoms with Crippen LogP contribution >= 0.6 is 11.3 Å². The van der Waals surface area contributed by atoms with Gasteiger partial charge in [-0.05, 0) is 13.3 Å². The maximum Gasteiger partial charge on any atom is 0.349 e. The Kier molecular flexibility index (Phi) is 3.47. The molecule has 0 aliphatic carbocycles. The Balaban J connectivity index is 2.48. The largest absolute Gasteiger partial charge is 0.465 e. The zero-order valence-corrected chi connectivity index (χ0v) is 11.7. The Morgan fingerprint density at radius 1 is 1.56 bits per heavy atom. The number of nitrogens with zero attached hydrogens (tertiary/aromatic N) is 3. The molecule has 0 amide bonds. The molecule has 0 bridgehead atoms. The van der Waals surface area contributed by atoms with Crippen LogP contribution < -0.4 is 0 Å². The van der Waals surface area contributed by atoms with Gasteiger partial charge in [-0.2, -0.15) is 5.10 Å². The standard InChI is InChI=1S/C12H15N3O2S/c1-5-9-8(6-15(3)14-9)11-13-7(2)10(18-11)12(16)17-4/h6H,5H2,1-4H3. The van der Waals surface area contributed by atoms with E-state index in [4.69, 9.17) is 4.74 Å². The molecule has 18 heavy (non-hydrogen) atoms. The molecule has 2 aromatic rings. The minimum Gasteiger partial charge on any atom is -0.465 e. The molecule has 0 aliphatic rings. The summed E-state index contributed by atoms with van der Waals surface area (Å²) in [4.78, 5) is 16.6. The lowest BCUT2D eigenvalue weighted by atomic mass is 10.2. The molecule has 5 nitrogen and oxygen atoms in total. The fourth-order valence-corrected chi connectivity index (χ4v) is 2.78. The molecule has 96 valence electrons. The number of thiazole rings is 1. The van der Waals surface area contributed by atoms with E-state index in [2.05, 4.69) is 10.1 Å². The predicted molar refractivity (Wildman–Crippen MR) is 69.8 cm³/mol. The number of aryl methyl sites for hydroxylation is 3. The molecule has 2 rings (SSSR count). The molecule has 0 atom stereocenters. The van der Waals surface area contributed by atoms with Crippen molar-refractivity contribution in [2.45, 2.75) is 20.3 Å². The van der Waals surface area contributed by atoms with Crippen LogP contribution in [0.4, 0.5) is 0 Å². The zero-order chi connectivity index (χ0) is 13.3. The van der Waals surface area contributed by atoms with Crippen molar-refractivity contribution in [2.75, 3.05) is 7.11 Å². The molecular weight excluding hydrogens is 250 g/mol. The van der Waals surface area contributed by atoms with Crippen LogP contribution in [-0.2, 0) is 18.2 Å². The Hall–Kier alpha value is -1.69. The first-order valence-electron chi connectivity index (χ1n) is 5.65. The van der Waals surface area contributed by atoms with Gasteiger partial charge < -0.3 is 4.74 Å². The SMILES string of the molecule is CCc1nn(C)cc1-c1nc(C)c(C(=O)OC)s1. The molecule has 0 spiro atoms. The van der Waals surface area contributed by atoms with Gasteiger partial charge in [-0.25, -0.2) is 9.78 Å². The van der Waals surface area contributed by atoms with Gasteiger partial charge >= 0.3 is 5.97 Å². The van der Waals surface area contributed by atoms with E-state index < -0.39 is 0 Å². The molecule has 0 radical (unpaired) electrons. The maximum absolute atomic E-state index is 11.6. The van der Waals surface area contributed by atoms with E-state index >= 15 is 0 Å². The monoisotopic (exact) mass is 265 g/mol. The highest BCUT2D eigenvalue weighted by molar-refractivity contribution is 7.17. The highest BCUT2D eigenvalue weighted by Crippen LogP contribution is 2.30. The average molecular weight is 265 g/mol. The Morgan fingerprint density at radius 2 is 2.28 bits per heavy atom. The third kappa shape index (κ3) is 2.15. The average Bonchev–Trinajstić information content (AvgIpc) is 2.91. The zero-order valence-electron chi connectivity index (χ0n) is 10.9. The van der Waals surface area contributed by atoms with E-state index in [1.54, 1.807) is 4.68 Å². The second-order valence-corrected chi connectivity index (χ2v) is 4.94. The van der Waals surface area contributed by atoms with Gasteiger partial charge in [-0.3, -0.25) is 4.68 Å². The van der Waals surface area contributed by atoms with E-state index in [9.17, 15) is 4.79 Å². The molecule has 0 unspecified atom stereocenters. The molecule has 0 saturated heterocycles. The fourth-order valence-electron chi connectivity index (χ4n) is 1.77. The first-order valence-corrected chi connectivity index (χ1v) is 6.47. The van der Waals surface area contributed by atoms with Crippen molar-refractivity contribution >= 4 is 17.3 Å². The van der Waals surface area contributed by atoms with Crippen LogP contribution in [0.3, 0.4) is 0 Å². The van der Waals surface area contributed by atoms with Crippen LogP contribution in [0.5, 0.6) is 0 Å². The van der Waals surface area contributed by atoms with Gasteiger partial charge in [0.05, 0.1) is 24.1 Å². The second kappa shape index (κ2) is 4.89. The Morgan fingerprint density at radius 3 is 2.89 bits per heavy atom. The van der Waals surface area contributed by atoms with Gasteiger partial charge in [-0.15, -0.1) is 11.3 Å². The lowest BCUT2D eigenvalue weighted by Crippen LogP contribution is -1.99. The Labute approximate surface area is 109 Å². The first kappa shape index (κ1) is 12.8. The number of hydrogen-bond donors (Lipinski definition) is 0. The highest BCUT2D eigenvalue weighted by atomic mass is 32.1. The quantitative estimate of drug-likeness (QED) is 0.798. The summed E-state index contributed by atoms with van der Waals surface area (Å²) in [5.41, 5.74) is 2.68. The number of aromatic nitrogens is 3. The number of carbonyl (C=O) groups excluding carboxylic acids is 1. The van der Waals surface area contributed by atoms with E-state index in [-0.39, 0.29) is 5.97 Å². The Bertz CT molecular complexity index is 586. The van der Waals surface area contributed by atoms with E-state index in [0.717, 1.165) is 22.7 Å². The minimum atomic E-state index is -0.335. The van der Waals surface area contributed by atoms with Crippen molar-refractivity contribution in [3.8, 4) is 10.6 Å². The summed E-state index contributed by atoms with van der Waals surface area (Å²) >= 11 is 1.35. The van der Waals surface area contributed by atoms with Crippen LogP contribution in [0.25, 0.3) is 10.6 Å². The molecule has 6 heteroatoms. The van der Waals surface area contributed by atoms with Crippen LogP contribution in [-0.4, -0.2) is 27.8 Å². The predicted octanol–water partition coefficient (Wildman–Crippen LogP) is 2.20. The van der Waals surface area contributed by atoms with Gasteiger partial charge in [0, 0.05) is 13.2 Å². The first-order chi connectivity index (χ1) is 8.56. The smallest absolute Gasteiger partial charge is 0.349 e. The minimum absolute atomic E-state index is 0.335. The lowest BCUT2D eigenvalue weighted by molar-refractivity contribution is 0.0605. The summed E-state index contributed by atoms with van der Waals surface area (Å²) in [5.74, 6) is -0.335. The molecular formula is C12H15N3O2S. The van der Waals surface area contributed by atoms with Crippen molar-refractivity contribution in [3.05, 3.63) is 22.5 Å². The maximum atomic E-state index is 11.6. The van der Waals surface area contributed by atoms with Crippen molar-refractivity contribution in [3.63, 3.8) is 0 Å². The van der Waals surface area contributed by atoms with Crippen LogP contribution in [0, 0.1) is 6.92 Å². The summed E-state index contributed by atoms with van der Waals surface area (Å²) in [7, 11) is 3.26. The van der Waals surface area contributed by atoms with Crippen molar-refractivity contribution in [2.24, 2.45) is 7.05 Å². The highest BCUT2D eigenvalue weighted by Gasteiger charge is 2.19. The molecule has 0 fully saturated rings. The normalized spacial score (nSPS) is 10.7. The number of ether oxygens (including phenoxy) is 1. The molecule has 0 N–H and O–H groups in total. The van der Waals surface area contributed by atoms with E-state index in [1.165, 1.54) is 18.4 Å². The molecule has 0 saturated carbocycles. The third-order valence-electron chi connectivity index (χ3n) is 2.64. The number of rotatable bonds is 3. The molecule has 2 aromatic heterocycles. The van der Waals surface area contributed by atoms with Crippen molar-refractivity contribution < 1.29 is 9.53 Å². The van der Waals surface area contributed by atoms with E-state index in [0.29, 0.717) is 10.6 Å². The topological polar surface area (TPSA) is 57.0 Å². The van der Waals surface area contributed by atoms with Crippen molar-refractivity contribution in [1.82, 2.24) is 14.8 Å². The summed E-state index contributed by atoms with van der Waals surface area (Å²) in [6.07, 6.45) is 2.76. The van der Waals surface area contributed by atoms with Crippen LogP contribution in [0.15, 0.2) is 6.20 Å². The summed E-state index contributed by atoms with van der Waals surface area (Å²) in [5, 5.41) is 5.19. The number of hydrogen-bond acceptors (Lipinski definition) is 5. The molecule has 0 aliphatic heterocycles. The van der Waals surface area contributed by atoms with E-state index in [1.807, 2.05) is 27.1 Å². The summed E-state index contributed by atoms with van der Waals surface area (Å²) < 4.78 is 6.51. The number of carbonyl (C=O) groups is 1. The lowest BCUT2D eigenvalue weighted by Gasteiger charge is -1.94. The number of esters is 1. The van der Waals surface area contributed by atoms with Crippen LogP contribution in [0.1, 0.15) is 28.0 Å². The number of methoxy groups -OCH3 is 1. The van der Waals surface area contributed by atoms with Crippen molar-refractivity contribution in [1.29, 1.82) is 0 Å². The van der Waals surface area contributed by atoms with Gasteiger partial charge in [0.15, 0.2) is 0 Å². The summed E-state index contributed by atoms with van der Waals surface area (Å²) in [6.45, 7) is 3.86. The van der Waals surface area contributed by atoms with Gasteiger partial charge in [0.25, 0.3) is 0 Å². The third-order valence-corrected chi connectivity index (χ3v) is 3.81. The summed E-state index contributed by atoms with van der Waals surface area (Å²) in [6, 6.07) is 0. The van der Waals surface area contributed by atoms with Gasteiger partial charge in [-0.1, -0.05) is 6.92 Å². The molecule has 2 heterocycles. The fraction of sp³-hybridized carbons (Fsp3) is 0.417. The van der Waals surface area contributed by atoms with Gasteiger partial charge in [0.2, 0.25) is 0 Å². The van der Waals surface area contributed by atoms with Gasteiger partial charge in [0.1, 0.15) is 9.88 Å².